The van der Waals surface area contributed by atoms with Crippen molar-refractivity contribution < 1.29 is 4.79 Å². The summed E-state index contributed by atoms with van der Waals surface area (Å²) in [5, 5.41) is 6.92. The highest BCUT2D eigenvalue weighted by Gasteiger charge is 2.07. The van der Waals surface area contributed by atoms with Gasteiger partial charge >= 0.3 is 0 Å². The number of hydrogen-bond acceptors (Lipinski definition) is 2. The van der Waals surface area contributed by atoms with E-state index in [2.05, 4.69) is 10.6 Å². The van der Waals surface area contributed by atoms with Crippen molar-refractivity contribution in [3.63, 3.8) is 0 Å². The van der Waals surface area contributed by atoms with Gasteiger partial charge in [-0.2, -0.15) is 0 Å². The van der Waals surface area contributed by atoms with Crippen LogP contribution < -0.4 is 10.6 Å². The maximum absolute atomic E-state index is 11.8. The number of carbonyl (C=O) groups excluding carboxylic acids is 1. The van der Waals surface area contributed by atoms with E-state index in [4.69, 9.17) is 34.8 Å². The van der Waals surface area contributed by atoms with E-state index in [1.807, 2.05) is 30.3 Å². The molecule has 0 unspecified atom stereocenters. The molecule has 0 saturated heterocycles. The van der Waals surface area contributed by atoms with Crippen molar-refractivity contribution in [2.45, 2.75) is 6.54 Å². The number of carbonyl (C=O) groups is 1. The zero-order valence-electron chi connectivity index (χ0n) is 11.0. The van der Waals surface area contributed by atoms with Crippen molar-refractivity contribution in [1.29, 1.82) is 0 Å². The van der Waals surface area contributed by atoms with Gasteiger partial charge in [-0.15, -0.1) is 0 Å². The zero-order chi connectivity index (χ0) is 15.2. The fraction of sp³-hybridized carbons (Fsp3) is 0.133. The van der Waals surface area contributed by atoms with Crippen LogP contribution in [-0.2, 0) is 11.3 Å². The van der Waals surface area contributed by atoms with Crippen molar-refractivity contribution in [3.8, 4) is 0 Å². The maximum Gasteiger partial charge on any atom is 0.239 e. The van der Waals surface area contributed by atoms with Gasteiger partial charge in [0.2, 0.25) is 5.91 Å². The normalized spacial score (nSPS) is 10.2. The van der Waals surface area contributed by atoms with E-state index in [1.165, 1.54) is 6.07 Å². The average molecular weight is 344 g/mol. The van der Waals surface area contributed by atoms with E-state index in [0.29, 0.717) is 27.3 Å². The minimum absolute atomic E-state index is 0.102. The van der Waals surface area contributed by atoms with Gasteiger partial charge in [0, 0.05) is 6.54 Å². The van der Waals surface area contributed by atoms with E-state index in [9.17, 15) is 4.79 Å². The van der Waals surface area contributed by atoms with Gasteiger partial charge in [-0.1, -0.05) is 65.1 Å². The lowest BCUT2D eigenvalue weighted by atomic mass is 10.2. The molecule has 0 aliphatic heterocycles. The Bertz CT molecular complexity index is 632. The van der Waals surface area contributed by atoms with Crippen LogP contribution in [0.3, 0.4) is 0 Å². The first-order valence-corrected chi connectivity index (χ1v) is 7.38. The minimum atomic E-state index is -0.138. The molecule has 0 saturated carbocycles. The zero-order valence-corrected chi connectivity index (χ0v) is 13.3. The molecule has 110 valence electrons. The molecule has 3 nitrogen and oxygen atoms in total. The van der Waals surface area contributed by atoms with Crippen LogP contribution in [0.1, 0.15) is 5.56 Å². The van der Waals surface area contributed by atoms with Gasteiger partial charge in [-0.3, -0.25) is 4.79 Å². The maximum atomic E-state index is 11.8. The Labute approximate surface area is 138 Å². The third-order valence-corrected chi connectivity index (χ3v) is 3.82. The van der Waals surface area contributed by atoms with Crippen LogP contribution in [0.4, 0.5) is 5.69 Å². The molecule has 0 fully saturated rings. The van der Waals surface area contributed by atoms with Crippen LogP contribution in [-0.4, -0.2) is 12.5 Å². The predicted octanol–water partition coefficient (Wildman–Crippen LogP) is 4.38. The lowest BCUT2D eigenvalue weighted by molar-refractivity contribution is -0.119. The first kappa shape index (κ1) is 16.0. The lowest BCUT2D eigenvalue weighted by Gasteiger charge is -2.10. The number of anilines is 1. The van der Waals surface area contributed by atoms with Gasteiger partial charge < -0.3 is 10.6 Å². The standard InChI is InChI=1S/C15H13Cl3N2O/c16-11-6-13(18)14(7-12(11)17)19-9-15(21)20-8-10-4-2-1-3-5-10/h1-7,19H,8-9H2,(H,20,21). The third kappa shape index (κ3) is 4.81. The summed E-state index contributed by atoms with van der Waals surface area (Å²) in [7, 11) is 0. The Morgan fingerprint density at radius 1 is 0.952 bits per heavy atom. The fourth-order valence-electron chi connectivity index (χ4n) is 1.69. The van der Waals surface area contributed by atoms with Crippen LogP contribution in [0.2, 0.25) is 15.1 Å². The van der Waals surface area contributed by atoms with Gasteiger partial charge in [0.15, 0.2) is 0 Å². The van der Waals surface area contributed by atoms with Gasteiger partial charge in [0.05, 0.1) is 27.3 Å². The van der Waals surface area contributed by atoms with Crippen molar-refractivity contribution in [3.05, 3.63) is 63.1 Å². The number of nitrogens with one attached hydrogen (secondary N) is 2. The summed E-state index contributed by atoms with van der Waals surface area (Å²) < 4.78 is 0. The summed E-state index contributed by atoms with van der Waals surface area (Å²) >= 11 is 17.8. The highest BCUT2D eigenvalue weighted by atomic mass is 35.5. The molecule has 2 rings (SSSR count). The molecule has 0 radical (unpaired) electrons. The van der Waals surface area contributed by atoms with E-state index >= 15 is 0 Å². The van der Waals surface area contributed by atoms with Crippen molar-refractivity contribution in [2.24, 2.45) is 0 Å². The molecule has 6 heteroatoms. The Hall–Kier alpha value is -1.42. The number of hydrogen-bond donors (Lipinski definition) is 2. The molecule has 0 aliphatic carbocycles. The van der Waals surface area contributed by atoms with Crippen LogP contribution in [0.15, 0.2) is 42.5 Å². The summed E-state index contributed by atoms with van der Waals surface area (Å²) in [4.78, 5) is 11.8. The van der Waals surface area contributed by atoms with Crippen molar-refractivity contribution in [2.75, 3.05) is 11.9 Å². The molecule has 2 aromatic rings. The minimum Gasteiger partial charge on any atom is -0.375 e. The molecular formula is C15H13Cl3N2O. The summed E-state index contributed by atoms with van der Waals surface area (Å²) in [6, 6.07) is 12.8. The van der Waals surface area contributed by atoms with E-state index in [-0.39, 0.29) is 12.5 Å². The van der Waals surface area contributed by atoms with Crippen LogP contribution in [0.25, 0.3) is 0 Å². The second-order valence-electron chi connectivity index (χ2n) is 4.36. The van der Waals surface area contributed by atoms with E-state index in [1.54, 1.807) is 6.07 Å². The van der Waals surface area contributed by atoms with Crippen LogP contribution >= 0.6 is 34.8 Å². The predicted molar refractivity (Wildman–Crippen MR) is 88.3 cm³/mol. The van der Waals surface area contributed by atoms with Crippen molar-refractivity contribution in [1.82, 2.24) is 5.32 Å². The SMILES string of the molecule is O=C(CNc1cc(Cl)c(Cl)cc1Cl)NCc1ccccc1. The highest BCUT2D eigenvalue weighted by Crippen LogP contribution is 2.31. The lowest BCUT2D eigenvalue weighted by Crippen LogP contribution is -2.29. The molecule has 1 amide bonds. The summed E-state index contributed by atoms with van der Waals surface area (Å²) in [6.45, 7) is 0.584. The quantitative estimate of drug-likeness (QED) is 0.791. The molecule has 0 aliphatic rings. The van der Waals surface area contributed by atoms with Crippen molar-refractivity contribution >= 4 is 46.4 Å². The van der Waals surface area contributed by atoms with Crippen LogP contribution in [0, 0.1) is 0 Å². The van der Waals surface area contributed by atoms with E-state index in [0.717, 1.165) is 5.56 Å². The smallest absolute Gasteiger partial charge is 0.239 e. The fourth-order valence-corrected chi connectivity index (χ4v) is 2.31. The molecule has 0 aromatic heterocycles. The van der Waals surface area contributed by atoms with Gasteiger partial charge in [-0.25, -0.2) is 0 Å². The second kappa shape index (κ2) is 7.55. The number of rotatable bonds is 5. The molecule has 0 atom stereocenters. The largest absolute Gasteiger partial charge is 0.375 e. The Morgan fingerprint density at radius 3 is 2.33 bits per heavy atom. The molecular weight excluding hydrogens is 331 g/mol. The number of benzene rings is 2. The molecule has 0 spiro atoms. The van der Waals surface area contributed by atoms with Crippen LogP contribution in [0.5, 0.6) is 0 Å². The summed E-state index contributed by atoms with van der Waals surface area (Å²) in [6.07, 6.45) is 0. The Morgan fingerprint density at radius 2 is 1.62 bits per heavy atom. The topological polar surface area (TPSA) is 41.1 Å². The first-order chi connectivity index (χ1) is 10.1. The molecule has 2 N–H and O–H groups in total. The molecule has 21 heavy (non-hydrogen) atoms. The average Bonchev–Trinajstić information content (AvgIpc) is 2.48. The summed E-state index contributed by atoms with van der Waals surface area (Å²) in [5.41, 5.74) is 1.61. The number of amides is 1. The Kier molecular flexibility index (Phi) is 5.74. The molecule has 2 aromatic carbocycles. The second-order valence-corrected chi connectivity index (χ2v) is 5.58. The first-order valence-electron chi connectivity index (χ1n) is 6.25. The van der Waals surface area contributed by atoms with Gasteiger partial charge in [0.1, 0.15) is 0 Å². The van der Waals surface area contributed by atoms with E-state index < -0.39 is 0 Å². The summed E-state index contributed by atoms with van der Waals surface area (Å²) in [5.74, 6) is -0.138. The Balaban J connectivity index is 1.85. The third-order valence-electron chi connectivity index (χ3n) is 2.78. The highest BCUT2D eigenvalue weighted by molar-refractivity contribution is 6.44. The molecule has 0 heterocycles. The van der Waals surface area contributed by atoms with Gasteiger partial charge in [0.25, 0.3) is 0 Å². The monoisotopic (exact) mass is 342 g/mol. The molecule has 0 bridgehead atoms. The van der Waals surface area contributed by atoms with Gasteiger partial charge in [-0.05, 0) is 17.7 Å². The number of halogens is 3.